The molecular formula is C14H11ClN2O. The summed E-state index contributed by atoms with van der Waals surface area (Å²) in [6.07, 6.45) is 1.91. The lowest BCUT2D eigenvalue weighted by atomic mass is 10.0. The number of halogens is 1. The summed E-state index contributed by atoms with van der Waals surface area (Å²) in [5.74, 6) is 0.0831. The van der Waals surface area contributed by atoms with E-state index >= 15 is 0 Å². The molecule has 4 heteroatoms. The molecular weight excluding hydrogens is 248 g/mol. The highest BCUT2D eigenvalue weighted by molar-refractivity contribution is 6.32. The van der Waals surface area contributed by atoms with Crippen LogP contribution in [0.4, 0.5) is 5.69 Å². The van der Waals surface area contributed by atoms with E-state index in [-0.39, 0.29) is 5.75 Å². The molecule has 0 unspecified atom stereocenters. The first-order chi connectivity index (χ1) is 8.65. The van der Waals surface area contributed by atoms with Crippen molar-refractivity contribution in [2.45, 2.75) is 0 Å². The maximum atomic E-state index is 9.44. The highest BCUT2D eigenvalue weighted by atomic mass is 35.5. The fraction of sp³-hybridized carbons (Fsp3) is 0. The van der Waals surface area contributed by atoms with E-state index < -0.39 is 0 Å². The van der Waals surface area contributed by atoms with Crippen molar-refractivity contribution in [1.29, 1.82) is 0 Å². The number of aromatic nitrogens is 1. The third-order valence-corrected chi connectivity index (χ3v) is 3.27. The zero-order chi connectivity index (χ0) is 12.7. The van der Waals surface area contributed by atoms with E-state index in [1.165, 1.54) is 0 Å². The van der Waals surface area contributed by atoms with Crippen LogP contribution >= 0.6 is 11.6 Å². The summed E-state index contributed by atoms with van der Waals surface area (Å²) in [5, 5.41) is 10.8. The highest BCUT2D eigenvalue weighted by Gasteiger charge is 2.08. The predicted octanol–water partition coefficient (Wildman–Crippen LogP) is 3.78. The van der Waals surface area contributed by atoms with Crippen LogP contribution in [0.2, 0.25) is 5.02 Å². The molecule has 0 aliphatic heterocycles. The number of nitrogens with two attached hydrogens (primary N) is 1. The van der Waals surface area contributed by atoms with Gasteiger partial charge in [-0.15, -0.1) is 0 Å². The van der Waals surface area contributed by atoms with Gasteiger partial charge in [0.1, 0.15) is 5.75 Å². The van der Waals surface area contributed by atoms with Crippen LogP contribution in [-0.2, 0) is 0 Å². The summed E-state index contributed by atoms with van der Waals surface area (Å²) in [4.78, 5) is 3.19. The maximum absolute atomic E-state index is 9.44. The molecule has 0 amide bonds. The molecule has 0 spiro atoms. The van der Waals surface area contributed by atoms with Gasteiger partial charge in [0.25, 0.3) is 0 Å². The number of benzene rings is 2. The number of fused-ring (bicyclic) bond motifs is 1. The molecule has 0 saturated heterocycles. The second-order valence-electron chi connectivity index (χ2n) is 4.17. The third-order valence-electron chi connectivity index (χ3n) is 2.96. The quantitative estimate of drug-likeness (QED) is 0.582. The van der Waals surface area contributed by atoms with Crippen LogP contribution in [0.3, 0.4) is 0 Å². The Morgan fingerprint density at radius 2 is 1.94 bits per heavy atom. The van der Waals surface area contributed by atoms with E-state index in [1.54, 1.807) is 12.1 Å². The topological polar surface area (TPSA) is 62.0 Å². The lowest BCUT2D eigenvalue weighted by Crippen LogP contribution is -1.83. The molecule has 3 nitrogen and oxygen atoms in total. The first-order valence-corrected chi connectivity index (χ1v) is 5.88. The smallest absolute Gasteiger partial charge is 0.134 e. The molecule has 0 atom stereocenters. The van der Waals surface area contributed by atoms with Crippen LogP contribution in [0.25, 0.3) is 22.0 Å². The van der Waals surface area contributed by atoms with Crippen molar-refractivity contribution in [3.63, 3.8) is 0 Å². The van der Waals surface area contributed by atoms with E-state index in [1.807, 2.05) is 30.5 Å². The maximum Gasteiger partial charge on any atom is 0.134 e. The molecule has 3 rings (SSSR count). The molecule has 2 aromatic carbocycles. The monoisotopic (exact) mass is 258 g/mol. The number of anilines is 1. The zero-order valence-corrected chi connectivity index (χ0v) is 10.2. The number of nitrogens with one attached hydrogen (secondary N) is 1. The number of rotatable bonds is 1. The fourth-order valence-electron chi connectivity index (χ4n) is 2.05. The zero-order valence-electron chi connectivity index (χ0n) is 9.44. The SMILES string of the molecule is Nc1ccc2[nH]cc(-c3ccc(O)c(Cl)c3)c2c1. The number of phenols is 1. The first-order valence-electron chi connectivity index (χ1n) is 5.50. The van der Waals surface area contributed by atoms with Gasteiger partial charge in [-0.05, 0) is 35.9 Å². The van der Waals surface area contributed by atoms with Gasteiger partial charge in [-0.1, -0.05) is 17.7 Å². The molecule has 0 bridgehead atoms. The molecule has 0 fully saturated rings. The summed E-state index contributed by atoms with van der Waals surface area (Å²) >= 11 is 5.93. The predicted molar refractivity (Wildman–Crippen MR) is 74.8 cm³/mol. The van der Waals surface area contributed by atoms with E-state index in [0.29, 0.717) is 10.7 Å². The molecule has 0 aliphatic carbocycles. The number of phenolic OH excluding ortho intramolecular Hbond substituents is 1. The summed E-state index contributed by atoms with van der Waals surface area (Å²) in [5.41, 5.74) is 9.49. The molecule has 18 heavy (non-hydrogen) atoms. The second-order valence-corrected chi connectivity index (χ2v) is 4.58. The number of aromatic hydroxyl groups is 1. The Hall–Kier alpha value is -2.13. The van der Waals surface area contributed by atoms with Gasteiger partial charge in [-0.3, -0.25) is 0 Å². The van der Waals surface area contributed by atoms with Gasteiger partial charge in [0, 0.05) is 28.4 Å². The highest BCUT2D eigenvalue weighted by Crippen LogP contribution is 2.34. The van der Waals surface area contributed by atoms with Gasteiger partial charge < -0.3 is 15.8 Å². The average molecular weight is 259 g/mol. The molecule has 90 valence electrons. The van der Waals surface area contributed by atoms with Crippen molar-refractivity contribution in [3.8, 4) is 16.9 Å². The van der Waals surface area contributed by atoms with Crippen molar-refractivity contribution >= 4 is 28.2 Å². The number of nitrogen functional groups attached to an aromatic ring is 1. The molecule has 0 radical (unpaired) electrons. The van der Waals surface area contributed by atoms with Crippen LogP contribution in [0.5, 0.6) is 5.75 Å². The minimum Gasteiger partial charge on any atom is -0.506 e. The molecule has 3 aromatic rings. The summed E-state index contributed by atoms with van der Waals surface area (Å²) in [6, 6.07) is 10.9. The van der Waals surface area contributed by atoms with E-state index in [9.17, 15) is 5.11 Å². The summed E-state index contributed by atoms with van der Waals surface area (Å²) in [6.45, 7) is 0. The molecule has 4 N–H and O–H groups in total. The number of hydrogen-bond donors (Lipinski definition) is 3. The van der Waals surface area contributed by atoms with Crippen molar-refractivity contribution in [3.05, 3.63) is 47.6 Å². The number of H-pyrrole nitrogens is 1. The van der Waals surface area contributed by atoms with Gasteiger partial charge in [-0.2, -0.15) is 0 Å². The lowest BCUT2D eigenvalue weighted by molar-refractivity contribution is 0.475. The van der Waals surface area contributed by atoms with Gasteiger partial charge >= 0.3 is 0 Å². The fourth-order valence-corrected chi connectivity index (χ4v) is 2.23. The van der Waals surface area contributed by atoms with Crippen molar-refractivity contribution < 1.29 is 5.11 Å². The van der Waals surface area contributed by atoms with Gasteiger partial charge in [0.15, 0.2) is 0 Å². The number of aromatic amines is 1. The van der Waals surface area contributed by atoms with Gasteiger partial charge in [0.2, 0.25) is 0 Å². The molecule has 1 heterocycles. The lowest BCUT2D eigenvalue weighted by Gasteiger charge is -2.03. The van der Waals surface area contributed by atoms with Crippen LogP contribution in [0.1, 0.15) is 0 Å². The van der Waals surface area contributed by atoms with Gasteiger partial charge in [0.05, 0.1) is 5.02 Å². The first kappa shape index (κ1) is 11.0. The van der Waals surface area contributed by atoms with Crippen LogP contribution < -0.4 is 5.73 Å². The van der Waals surface area contributed by atoms with Crippen LogP contribution in [0, 0.1) is 0 Å². The summed E-state index contributed by atoms with van der Waals surface area (Å²) < 4.78 is 0. The van der Waals surface area contributed by atoms with E-state index in [0.717, 1.165) is 22.0 Å². The molecule has 1 aromatic heterocycles. The largest absolute Gasteiger partial charge is 0.506 e. The van der Waals surface area contributed by atoms with Crippen LogP contribution in [-0.4, -0.2) is 10.1 Å². The van der Waals surface area contributed by atoms with Crippen molar-refractivity contribution in [2.75, 3.05) is 5.73 Å². The molecule has 0 saturated carbocycles. The molecule has 0 aliphatic rings. The van der Waals surface area contributed by atoms with Crippen molar-refractivity contribution in [2.24, 2.45) is 0 Å². The van der Waals surface area contributed by atoms with E-state index in [4.69, 9.17) is 17.3 Å². The minimum absolute atomic E-state index is 0.0831. The van der Waals surface area contributed by atoms with Crippen LogP contribution in [0.15, 0.2) is 42.6 Å². The Morgan fingerprint density at radius 1 is 1.11 bits per heavy atom. The Labute approximate surface area is 109 Å². The minimum atomic E-state index is 0.0831. The average Bonchev–Trinajstić information content (AvgIpc) is 2.75. The Bertz CT molecular complexity index is 734. The van der Waals surface area contributed by atoms with Crippen molar-refractivity contribution in [1.82, 2.24) is 4.98 Å². The Balaban J connectivity index is 2.24. The second kappa shape index (κ2) is 3.96. The summed E-state index contributed by atoms with van der Waals surface area (Å²) in [7, 11) is 0. The third kappa shape index (κ3) is 1.69. The Kier molecular flexibility index (Phi) is 2.42. The normalized spacial score (nSPS) is 10.9. The van der Waals surface area contributed by atoms with Gasteiger partial charge in [-0.25, -0.2) is 0 Å². The van der Waals surface area contributed by atoms with E-state index in [2.05, 4.69) is 4.98 Å². The Morgan fingerprint density at radius 3 is 2.72 bits per heavy atom. The standard InChI is InChI=1S/C14H11ClN2O/c15-12-5-8(1-4-14(12)18)11-7-17-13-3-2-9(16)6-10(11)13/h1-7,17-18H,16H2. The number of hydrogen-bond acceptors (Lipinski definition) is 2.